The highest BCUT2D eigenvalue weighted by Crippen LogP contribution is 2.39. The molecule has 0 spiro atoms. The normalized spacial score (nSPS) is 11.3. The van der Waals surface area contributed by atoms with Gasteiger partial charge < -0.3 is 24.3 Å². The zero-order valence-electron chi connectivity index (χ0n) is 28.7. The summed E-state index contributed by atoms with van der Waals surface area (Å²) >= 11 is 0. The molecule has 0 aromatic heterocycles. The van der Waals surface area contributed by atoms with E-state index in [1.54, 1.807) is 99.6 Å². The van der Waals surface area contributed by atoms with E-state index in [1.807, 2.05) is 17.4 Å². The van der Waals surface area contributed by atoms with Crippen molar-refractivity contribution >= 4 is 23.3 Å². The lowest BCUT2D eigenvalue weighted by Gasteiger charge is -2.22. The molecule has 0 aliphatic carbocycles. The van der Waals surface area contributed by atoms with Gasteiger partial charge in [-0.25, -0.2) is 4.79 Å². The number of rotatable bonds is 13. The fourth-order valence-electron chi connectivity index (χ4n) is 5.01. The summed E-state index contributed by atoms with van der Waals surface area (Å²) in [6.45, 7) is 4.94. The molecule has 0 saturated carbocycles. The molecule has 1 N–H and O–H groups in total. The van der Waals surface area contributed by atoms with Gasteiger partial charge in [0, 0.05) is 0 Å². The molecule has 0 fully saturated rings. The Morgan fingerprint density at radius 3 is 1.44 bits per heavy atom. The molecule has 5 rings (SSSR count). The number of alkyl halides is 3. The van der Waals surface area contributed by atoms with Crippen molar-refractivity contribution in [3.8, 4) is 17.2 Å². The van der Waals surface area contributed by atoms with Gasteiger partial charge in [0.1, 0.15) is 48.2 Å². The van der Waals surface area contributed by atoms with Gasteiger partial charge in [-0.2, -0.15) is 13.2 Å². The van der Waals surface area contributed by atoms with Crippen LogP contribution in [0.25, 0.3) is 0 Å². The van der Waals surface area contributed by atoms with E-state index in [9.17, 15) is 27.6 Å². The number of ether oxygens (including phenoxy) is 4. The summed E-state index contributed by atoms with van der Waals surface area (Å²) in [4.78, 5) is 40.6. The summed E-state index contributed by atoms with van der Waals surface area (Å²) < 4.78 is 64.7. The van der Waals surface area contributed by atoms with Crippen LogP contribution in [0.3, 0.4) is 0 Å². The van der Waals surface area contributed by atoms with Gasteiger partial charge in [0.15, 0.2) is 0 Å². The lowest BCUT2D eigenvalue weighted by atomic mass is 9.96. The second kappa shape index (κ2) is 16.3. The standard InChI is InChI=1S/C41H36F3NO7/c1-40(2,3)52-38(47)30-22-33(50-25-28-16-9-5-10-17-28)36(34(23-30)51-26-29-18-11-6-12-19-29)37(46)35-31(45-39(48)41(42,43)44)20-13-21-32(35)49-24-27-14-7-4-8-15-27/h4-23H,24-26H2,1-3H3,(H,45,48). The molecule has 0 radical (unpaired) electrons. The molecule has 52 heavy (non-hydrogen) atoms. The minimum atomic E-state index is -5.26. The van der Waals surface area contributed by atoms with Gasteiger partial charge in [0.2, 0.25) is 5.78 Å². The van der Waals surface area contributed by atoms with Gasteiger partial charge in [-0.3, -0.25) is 9.59 Å². The molecule has 0 bridgehead atoms. The quantitative estimate of drug-likeness (QED) is 0.0961. The number of halogens is 3. The predicted octanol–water partition coefficient (Wildman–Crippen LogP) is 9.11. The monoisotopic (exact) mass is 711 g/mol. The molecular formula is C41H36F3NO7. The number of amides is 1. The smallest absolute Gasteiger partial charge is 0.471 e. The van der Waals surface area contributed by atoms with Crippen LogP contribution in [0, 0.1) is 0 Å². The number of hydrogen-bond donors (Lipinski definition) is 1. The van der Waals surface area contributed by atoms with Gasteiger partial charge in [-0.15, -0.1) is 0 Å². The molecule has 0 saturated heterocycles. The van der Waals surface area contributed by atoms with Crippen LogP contribution in [0.15, 0.2) is 121 Å². The van der Waals surface area contributed by atoms with Crippen molar-refractivity contribution in [3.63, 3.8) is 0 Å². The van der Waals surface area contributed by atoms with Crippen LogP contribution in [0.1, 0.15) is 63.7 Å². The van der Waals surface area contributed by atoms with Crippen molar-refractivity contribution in [3.05, 3.63) is 155 Å². The van der Waals surface area contributed by atoms with Crippen LogP contribution >= 0.6 is 0 Å². The van der Waals surface area contributed by atoms with Crippen molar-refractivity contribution in [1.29, 1.82) is 0 Å². The summed E-state index contributed by atoms with van der Waals surface area (Å²) in [5.74, 6) is -4.28. The Bertz CT molecular complexity index is 1950. The third kappa shape index (κ3) is 10.00. The zero-order chi connectivity index (χ0) is 37.3. The fourth-order valence-corrected chi connectivity index (χ4v) is 5.01. The third-order valence-corrected chi connectivity index (χ3v) is 7.40. The number of nitrogens with one attached hydrogen (secondary N) is 1. The Hall–Kier alpha value is -6.10. The first-order chi connectivity index (χ1) is 24.8. The predicted molar refractivity (Wildman–Crippen MR) is 188 cm³/mol. The second-order valence-corrected chi connectivity index (χ2v) is 12.6. The van der Waals surface area contributed by atoms with E-state index in [-0.39, 0.29) is 48.2 Å². The summed E-state index contributed by atoms with van der Waals surface area (Å²) in [5.41, 5.74) is 0.204. The average Bonchev–Trinajstić information content (AvgIpc) is 3.12. The summed E-state index contributed by atoms with van der Waals surface area (Å²) in [5, 5.41) is 1.83. The molecule has 8 nitrogen and oxygen atoms in total. The Morgan fingerprint density at radius 1 is 0.577 bits per heavy atom. The molecular weight excluding hydrogens is 675 g/mol. The number of hydrogen-bond acceptors (Lipinski definition) is 7. The SMILES string of the molecule is CC(C)(C)OC(=O)c1cc(OCc2ccccc2)c(C(=O)c2c(NC(=O)C(F)(F)F)cccc2OCc2ccccc2)c(OCc2ccccc2)c1. The number of carbonyl (C=O) groups excluding carboxylic acids is 3. The summed E-state index contributed by atoms with van der Waals surface area (Å²) in [6.07, 6.45) is -5.26. The molecule has 11 heteroatoms. The van der Waals surface area contributed by atoms with Crippen LogP contribution in [-0.4, -0.2) is 29.4 Å². The maximum Gasteiger partial charge on any atom is 0.471 e. The van der Waals surface area contributed by atoms with E-state index in [0.29, 0.717) is 5.56 Å². The van der Waals surface area contributed by atoms with Crippen LogP contribution in [0.4, 0.5) is 18.9 Å². The van der Waals surface area contributed by atoms with E-state index < -0.39 is 40.7 Å². The fraction of sp³-hybridized carbons (Fsp3) is 0.195. The lowest BCUT2D eigenvalue weighted by molar-refractivity contribution is -0.167. The van der Waals surface area contributed by atoms with Crippen LogP contribution in [0.2, 0.25) is 0 Å². The molecule has 0 aliphatic heterocycles. The minimum Gasteiger partial charge on any atom is -0.488 e. The lowest BCUT2D eigenvalue weighted by Crippen LogP contribution is -2.30. The number of esters is 1. The van der Waals surface area contributed by atoms with Crippen LogP contribution < -0.4 is 19.5 Å². The van der Waals surface area contributed by atoms with E-state index in [2.05, 4.69) is 0 Å². The Kier molecular flexibility index (Phi) is 11.6. The molecule has 0 aliphatic rings. The number of benzene rings is 5. The summed E-state index contributed by atoms with van der Waals surface area (Å²) in [6, 6.07) is 33.5. The van der Waals surface area contributed by atoms with Crippen LogP contribution in [-0.2, 0) is 29.4 Å². The molecule has 1 amide bonds. The summed E-state index contributed by atoms with van der Waals surface area (Å²) in [7, 11) is 0. The number of carbonyl (C=O) groups is 3. The van der Waals surface area contributed by atoms with Gasteiger partial charge in [-0.1, -0.05) is 97.1 Å². The highest BCUT2D eigenvalue weighted by atomic mass is 19.4. The molecule has 5 aromatic carbocycles. The molecule has 5 aromatic rings. The third-order valence-electron chi connectivity index (χ3n) is 7.40. The van der Waals surface area contributed by atoms with E-state index >= 15 is 0 Å². The Morgan fingerprint density at radius 2 is 1.02 bits per heavy atom. The molecule has 0 atom stereocenters. The Balaban J connectivity index is 1.69. The van der Waals surface area contributed by atoms with Gasteiger partial charge in [0.05, 0.1) is 16.8 Å². The second-order valence-electron chi connectivity index (χ2n) is 12.6. The maximum absolute atomic E-state index is 14.9. The largest absolute Gasteiger partial charge is 0.488 e. The number of ketones is 1. The maximum atomic E-state index is 14.9. The van der Waals surface area contributed by atoms with Crippen molar-refractivity contribution < 1.29 is 46.5 Å². The molecule has 268 valence electrons. The van der Waals surface area contributed by atoms with Gasteiger partial charge in [-0.05, 0) is 61.7 Å². The highest BCUT2D eigenvalue weighted by molar-refractivity contribution is 6.18. The van der Waals surface area contributed by atoms with Gasteiger partial charge >= 0.3 is 18.1 Å². The van der Waals surface area contributed by atoms with E-state index in [1.165, 1.54) is 24.3 Å². The van der Waals surface area contributed by atoms with E-state index in [4.69, 9.17) is 18.9 Å². The highest BCUT2D eigenvalue weighted by Gasteiger charge is 2.40. The topological polar surface area (TPSA) is 100 Å². The van der Waals surface area contributed by atoms with Crippen molar-refractivity contribution in [2.75, 3.05) is 5.32 Å². The first-order valence-corrected chi connectivity index (χ1v) is 16.3. The number of anilines is 1. The first-order valence-electron chi connectivity index (χ1n) is 16.3. The molecule has 0 heterocycles. The zero-order valence-corrected chi connectivity index (χ0v) is 28.7. The van der Waals surface area contributed by atoms with Crippen molar-refractivity contribution in [2.45, 2.75) is 52.4 Å². The van der Waals surface area contributed by atoms with Crippen molar-refractivity contribution in [2.24, 2.45) is 0 Å². The Labute approximate surface area is 299 Å². The van der Waals surface area contributed by atoms with Crippen LogP contribution in [0.5, 0.6) is 17.2 Å². The minimum absolute atomic E-state index is 0.00295. The average molecular weight is 712 g/mol. The van der Waals surface area contributed by atoms with Crippen molar-refractivity contribution in [1.82, 2.24) is 0 Å². The molecule has 0 unspecified atom stereocenters. The van der Waals surface area contributed by atoms with E-state index in [0.717, 1.165) is 17.2 Å². The van der Waals surface area contributed by atoms with Gasteiger partial charge in [0.25, 0.3) is 0 Å². The first kappa shape index (κ1) is 37.2.